The molecule has 5 aromatic carbocycles. The molecule has 0 amide bonds. The second kappa shape index (κ2) is 10.0. The monoisotopic (exact) mass is 570 g/mol. The summed E-state index contributed by atoms with van der Waals surface area (Å²) in [6, 6.07) is 28.1. The van der Waals surface area contributed by atoms with E-state index in [4.69, 9.17) is 14.2 Å². The van der Waals surface area contributed by atoms with Crippen LogP contribution >= 0.6 is 0 Å². The summed E-state index contributed by atoms with van der Waals surface area (Å²) in [5, 5.41) is 1.87. The molecule has 216 valence electrons. The van der Waals surface area contributed by atoms with Gasteiger partial charge in [-0.2, -0.15) is 0 Å². The molecule has 0 saturated carbocycles. The summed E-state index contributed by atoms with van der Waals surface area (Å²) in [5.74, 6) is 1.81. The number of hydrogen-bond donors (Lipinski definition) is 0. The summed E-state index contributed by atoms with van der Waals surface area (Å²) in [6.07, 6.45) is 6.18. The normalized spacial score (nSPS) is 15.4. The lowest BCUT2D eigenvalue weighted by atomic mass is 9.70. The first kappa shape index (κ1) is 27.3. The fourth-order valence-electron chi connectivity index (χ4n) is 7.75. The van der Waals surface area contributed by atoms with Gasteiger partial charge in [0, 0.05) is 27.5 Å². The quantitative estimate of drug-likeness (QED) is 0.203. The van der Waals surface area contributed by atoms with Crippen molar-refractivity contribution < 1.29 is 18.6 Å². The van der Waals surface area contributed by atoms with E-state index in [1.54, 1.807) is 26.4 Å². The van der Waals surface area contributed by atoms with Crippen molar-refractivity contribution >= 4 is 16.8 Å². The Bertz CT molecular complexity index is 1860. The van der Waals surface area contributed by atoms with Crippen LogP contribution in [0.1, 0.15) is 60.1 Å². The van der Waals surface area contributed by atoms with E-state index in [0.29, 0.717) is 11.5 Å². The molecule has 0 unspecified atom stereocenters. The number of ether oxygens (including phenoxy) is 3. The van der Waals surface area contributed by atoms with Gasteiger partial charge in [0.15, 0.2) is 17.1 Å². The lowest BCUT2D eigenvalue weighted by Crippen LogP contribution is -2.35. The number of aryl methyl sites for hydroxylation is 1. The van der Waals surface area contributed by atoms with Crippen LogP contribution in [0.5, 0.6) is 17.2 Å². The smallest absolute Gasteiger partial charge is 0.178 e. The van der Waals surface area contributed by atoms with Crippen molar-refractivity contribution in [2.75, 3.05) is 14.2 Å². The van der Waals surface area contributed by atoms with Crippen LogP contribution in [-0.2, 0) is 11.0 Å². The Hall–Kier alpha value is -4.57. The molecule has 0 fully saturated rings. The van der Waals surface area contributed by atoms with Crippen molar-refractivity contribution in [1.29, 1.82) is 0 Å². The topological polar surface area (TPSA) is 27.7 Å². The highest BCUT2D eigenvalue weighted by molar-refractivity contribution is 6.10. The van der Waals surface area contributed by atoms with Crippen molar-refractivity contribution in [3.63, 3.8) is 0 Å². The standard InChI is InChI=1S/C39H35FO3/c1-6-38(7-2)35-24(3)20-27(40)21-31(35)34-29-22-32(41-4)33(42-5)23-30(29)37-28(36(34)38)18-19-39(43-37,25-14-10-8-11-15-25)26-16-12-9-13-17-26/h8-23H,6-7H2,1-5H3. The van der Waals surface area contributed by atoms with E-state index >= 15 is 4.39 Å². The van der Waals surface area contributed by atoms with Crippen molar-refractivity contribution in [1.82, 2.24) is 0 Å². The SMILES string of the molecule is CCC1(CC)c2c(C)cc(F)cc2-c2c1c1c(c3cc(OC)c(OC)cc23)OC(c2ccccc2)(c2ccccc2)C=C1. The zero-order valence-corrected chi connectivity index (χ0v) is 25.3. The van der Waals surface area contributed by atoms with Crippen LogP contribution < -0.4 is 14.2 Å². The summed E-state index contributed by atoms with van der Waals surface area (Å²) < 4.78 is 34.2. The van der Waals surface area contributed by atoms with Crippen molar-refractivity contribution in [3.05, 3.63) is 130 Å². The maximum Gasteiger partial charge on any atom is 0.178 e. The average Bonchev–Trinajstić information content (AvgIpc) is 3.35. The molecule has 1 aliphatic carbocycles. The Morgan fingerprint density at radius 1 is 0.744 bits per heavy atom. The highest BCUT2D eigenvalue weighted by Crippen LogP contribution is 2.61. The maximum absolute atomic E-state index is 15.2. The van der Waals surface area contributed by atoms with E-state index in [9.17, 15) is 0 Å². The minimum atomic E-state index is -0.849. The summed E-state index contributed by atoms with van der Waals surface area (Å²) in [4.78, 5) is 0. The first-order valence-electron chi connectivity index (χ1n) is 15.0. The van der Waals surface area contributed by atoms with E-state index in [0.717, 1.165) is 62.7 Å². The fourth-order valence-corrected chi connectivity index (χ4v) is 7.75. The third-order valence-electron chi connectivity index (χ3n) is 9.69. The third kappa shape index (κ3) is 3.72. The molecule has 1 aliphatic heterocycles. The van der Waals surface area contributed by atoms with Crippen LogP contribution in [0.2, 0.25) is 0 Å². The number of fused-ring (bicyclic) bond motifs is 8. The second-order valence-corrected chi connectivity index (χ2v) is 11.6. The molecule has 0 bridgehead atoms. The van der Waals surface area contributed by atoms with Gasteiger partial charge >= 0.3 is 0 Å². The highest BCUT2D eigenvalue weighted by Gasteiger charge is 2.47. The molecular weight excluding hydrogens is 535 g/mol. The zero-order valence-electron chi connectivity index (χ0n) is 25.3. The number of hydrogen-bond acceptors (Lipinski definition) is 3. The van der Waals surface area contributed by atoms with Gasteiger partial charge in [-0.05, 0) is 83.3 Å². The summed E-state index contributed by atoms with van der Waals surface area (Å²) in [5.41, 5.74) is 7.34. The molecular formula is C39H35FO3. The molecule has 3 nitrogen and oxygen atoms in total. The van der Waals surface area contributed by atoms with Crippen LogP contribution in [0, 0.1) is 12.7 Å². The van der Waals surface area contributed by atoms with Crippen molar-refractivity contribution in [2.24, 2.45) is 0 Å². The maximum atomic E-state index is 15.2. The van der Waals surface area contributed by atoms with Crippen LogP contribution in [0.3, 0.4) is 0 Å². The first-order chi connectivity index (χ1) is 20.9. The predicted molar refractivity (Wildman–Crippen MR) is 172 cm³/mol. The van der Waals surface area contributed by atoms with Gasteiger partial charge in [0.25, 0.3) is 0 Å². The number of methoxy groups -OCH3 is 2. The minimum Gasteiger partial charge on any atom is -0.493 e. The molecule has 0 aromatic heterocycles. The summed E-state index contributed by atoms with van der Waals surface area (Å²) in [6.45, 7) is 6.51. The Morgan fingerprint density at radius 2 is 1.33 bits per heavy atom. The molecule has 7 rings (SSSR count). The van der Waals surface area contributed by atoms with Crippen molar-refractivity contribution in [3.8, 4) is 28.4 Å². The second-order valence-electron chi connectivity index (χ2n) is 11.6. The van der Waals surface area contributed by atoms with Gasteiger partial charge in [-0.25, -0.2) is 4.39 Å². The molecule has 4 heteroatoms. The molecule has 43 heavy (non-hydrogen) atoms. The molecule has 1 heterocycles. The number of halogens is 1. The van der Waals surface area contributed by atoms with E-state index in [-0.39, 0.29) is 11.2 Å². The Morgan fingerprint density at radius 3 is 1.88 bits per heavy atom. The number of benzene rings is 5. The molecule has 0 atom stereocenters. The number of rotatable bonds is 6. The first-order valence-corrected chi connectivity index (χ1v) is 15.0. The molecule has 0 N–H and O–H groups in total. The Labute approximate surface area is 252 Å². The van der Waals surface area contributed by atoms with Gasteiger partial charge in [-0.1, -0.05) is 80.6 Å². The van der Waals surface area contributed by atoms with Crippen LogP contribution in [0.15, 0.2) is 91.0 Å². The van der Waals surface area contributed by atoms with Crippen molar-refractivity contribution in [2.45, 2.75) is 44.6 Å². The summed E-state index contributed by atoms with van der Waals surface area (Å²) >= 11 is 0. The van der Waals surface area contributed by atoms with Gasteiger partial charge < -0.3 is 14.2 Å². The van der Waals surface area contributed by atoms with Gasteiger partial charge in [0.2, 0.25) is 0 Å². The largest absolute Gasteiger partial charge is 0.493 e. The molecule has 2 aliphatic rings. The molecule has 0 radical (unpaired) electrons. The fraction of sp³-hybridized carbons (Fsp3) is 0.231. The van der Waals surface area contributed by atoms with Gasteiger partial charge in [0.05, 0.1) is 14.2 Å². The van der Waals surface area contributed by atoms with Crippen LogP contribution in [-0.4, -0.2) is 14.2 Å². The minimum absolute atomic E-state index is 0.226. The van der Waals surface area contributed by atoms with E-state index in [1.165, 1.54) is 11.1 Å². The molecule has 0 saturated heterocycles. The lowest BCUT2D eigenvalue weighted by Gasteiger charge is -2.39. The summed E-state index contributed by atoms with van der Waals surface area (Å²) in [7, 11) is 3.30. The van der Waals surface area contributed by atoms with Crippen LogP contribution in [0.4, 0.5) is 4.39 Å². The lowest BCUT2D eigenvalue weighted by molar-refractivity contribution is 0.163. The van der Waals surface area contributed by atoms with E-state index in [1.807, 2.05) is 31.2 Å². The van der Waals surface area contributed by atoms with E-state index < -0.39 is 5.60 Å². The zero-order chi connectivity index (χ0) is 29.9. The van der Waals surface area contributed by atoms with Crippen LogP contribution in [0.25, 0.3) is 28.0 Å². The Kier molecular flexibility index (Phi) is 6.35. The van der Waals surface area contributed by atoms with Gasteiger partial charge in [-0.15, -0.1) is 0 Å². The van der Waals surface area contributed by atoms with Gasteiger partial charge in [-0.3, -0.25) is 0 Å². The Balaban J connectivity index is 1.65. The third-order valence-corrected chi connectivity index (χ3v) is 9.69. The van der Waals surface area contributed by atoms with Gasteiger partial charge in [0.1, 0.15) is 11.6 Å². The molecule has 0 spiro atoms. The van der Waals surface area contributed by atoms with E-state index in [2.05, 4.69) is 74.5 Å². The highest BCUT2D eigenvalue weighted by atomic mass is 19.1. The average molecular weight is 571 g/mol. The molecule has 5 aromatic rings. The predicted octanol–water partition coefficient (Wildman–Crippen LogP) is 9.74.